The quantitative estimate of drug-likeness (QED) is 0.220. The molecule has 3 unspecified atom stereocenters. The number of hydrogen-bond acceptors (Lipinski definition) is 7. The molecule has 0 fully saturated rings. The molecule has 15 heteroatoms. The van der Waals surface area contributed by atoms with Gasteiger partial charge in [0.2, 0.25) is 11.8 Å². The lowest BCUT2D eigenvalue weighted by Crippen LogP contribution is -2.56. The molecular formula is C27H40F3N3O8S. The van der Waals surface area contributed by atoms with Crippen LogP contribution in [-0.4, -0.2) is 82.0 Å². The smallest absolute Gasteiger partial charge is 0.480 e. The Morgan fingerprint density at radius 1 is 0.881 bits per heavy atom. The van der Waals surface area contributed by atoms with Crippen molar-refractivity contribution >= 4 is 41.6 Å². The molecule has 1 aromatic rings. The molecule has 42 heavy (non-hydrogen) atoms. The largest absolute Gasteiger partial charge is 0.490 e. The normalized spacial score (nSPS) is 13.5. The van der Waals surface area contributed by atoms with Crippen LogP contribution in [0.15, 0.2) is 30.3 Å². The van der Waals surface area contributed by atoms with E-state index in [1.54, 1.807) is 45.0 Å². The second-order valence-corrected chi connectivity index (χ2v) is 11.5. The maximum absolute atomic E-state index is 13.1. The Hall–Kier alpha value is -3.49. The van der Waals surface area contributed by atoms with Gasteiger partial charge in [0, 0.05) is 6.42 Å². The first-order valence-corrected chi connectivity index (χ1v) is 14.3. The highest BCUT2D eigenvalue weighted by Gasteiger charge is 2.38. The lowest BCUT2D eigenvalue weighted by Gasteiger charge is -2.26. The molecule has 0 aliphatic heterocycles. The van der Waals surface area contributed by atoms with Crippen LogP contribution in [0.4, 0.5) is 18.0 Å². The van der Waals surface area contributed by atoms with Gasteiger partial charge in [-0.25, -0.2) is 14.4 Å². The van der Waals surface area contributed by atoms with Crippen LogP contribution in [0.1, 0.15) is 53.0 Å². The molecule has 0 spiro atoms. The lowest BCUT2D eigenvalue weighted by atomic mass is 10.0. The third-order valence-corrected chi connectivity index (χ3v) is 5.74. The number of ether oxygens (including phenoxy) is 1. The highest BCUT2D eigenvalue weighted by molar-refractivity contribution is 7.98. The van der Waals surface area contributed by atoms with E-state index in [-0.39, 0.29) is 12.3 Å². The molecular weight excluding hydrogens is 583 g/mol. The SMILES string of the molecule is CSCCC(NC(=O)OC(C)(C)C)C(=O)NC(CC(C)C)C(=O)NC(Cc1ccccc1)C(=O)O.O=C(O)C(F)(F)F. The van der Waals surface area contributed by atoms with Crippen molar-refractivity contribution < 1.29 is 52.1 Å². The van der Waals surface area contributed by atoms with Crippen molar-refractivity contribution in [2.24, 2.45) is 5.92 Å². The molecule has 1 rings (SSSR count). The number of carboxylic acid groups (broad SMARTS) is 2. The van der Waals surface area contributed by atoms with Gasteiger partial charge in [0.15, 0.2) is 0 Å². The molecule has 0 aliphatic carbocycles. The summed E-state index contributed by atoms with van der Waals surface area (Å²) in [7, 11) is 0. The number of alkyl carbamates (subject to hydrolysis) is 1. The number of carbonyl (C=O) groups is 5. The summed E-state index contributed by atoms with van der Waals surface area (Å²) in [6.07, 6.45) is -3.17. The van der Waals surface area contributed by atoms with Crippen LogP contribution in [0.25, 0.3) is 0 Å². The molecule has 0 aliphatic rings. The van der Waals surface area contributed by atoms with Gasteiger partial charge in [-0.15, -0.1) is 0 Å². The Morgan fingerprint density at radius 2 is 1.38 bits per heavy atom. The van der Waals surface area contributed by atoms with Crippen molar-refractivity contribution in [1.82, 2.24) is 16.0 Å². The van der Waals surface area contributed by atoms with Crippen LogP contribution >= 0.6 is 11.8 Å². The standard InChI is InChI=1S/C25H39N3O6S.C2HF3O2/c1-16(2)14-19(22(30)27-20(23(31)32)15-17-10-8-7-9-11-17)26-21(29)18(12-13-35-6)28-24(33)34-25(3,4)5;3-2(4,5)1(6)7/h7-11,16,18-20H,12-15H2,1-6H3,(H,26,29)(H,27,30)(H,28,33)(H,31,32);(H,6,7). The van der Waals surface area contributed by atoms with Gasteiger partial charge in [-0.2, -0.15) is 24.9 Å². The summed E-state index contributed by atoms with van der Waals surface area (Å²) in [5.41, 5.74) is 0.0401. The Bertz CT molecular complexity index is 1030. The lowest BCUT2D eigenvalue weighted by molar-refractivity contribution is -0.192. The first-order valence-electron chi connectivity index (χ1n) is 12.9. The summed E-state index contributed by atoms with van der Waals surface area (Å²) >= 11 is 1.52. The zero-order chi connectivity index (χ0) is 32.7. The van der Waals surface area contributed by atoms with Gasteiger partial charge in [-0.3, -0.25) is 9.59 Å². The number of alkyl halides is 3. The van der Waals surface area contributed by atoms with Gasteiger partial charge >= 0.3 is 24.2 Å². The van der Waals surface area contributed by atoms with Crippen molar-refractivity contribution in [2.75, 3.05) is 12.0 Å². The number of thioether (sulfide) groups is 1. The van der Waals surface area contributed by atoms with Gasteiger partial charge in [0.05, 0.1) is 0 Å². The summed E-state index contributed by atoms with van der Waals surface area (Å²) in [5.74, 6) is -4.38. The molecule has 0 bridgehead atoms. The van der Waals surface area contributed by atoms with Crippen molar-refractivity contribution in [1.29, 1.82) is 0 Å². The van der Waals surface area contributed by atoms with E-state index in [4.69, 9.17) is 14.6 Å². The van der Waals surface area contributed by atoms with E-state index in [1.807, 2.05) is 26.2 Å². The Kier molecular flexibility index (Phi) is 16.6. The Balaban J connectivity index is 0.00000212. The van der Waals surface area contributed by atoms with Crippen LogP contribution in [0.5, 0.6) is 0 Å². The Labute approximate surface area is 247 Å². The van der Waals surface area contributed by atoms with Crippen molar-refractivity contribution in [3.8, 4) is 0 Å². The number of amides is 3. The minimum atomic E-state index is -5.08. The maximum Gasteiger partial charge on any atom is 0.490 e. The second kappa shape index (κ2) is 18.1. The number of rotatable bonds is 13. The minimum Gasteiger partial charge on any atom is -0.480 e. The van der Waals surface area contributed by atoms with E-state index in [0.717, 1.165) is 5.56 Å². The number of aliphatic carboxylic acids is 2. The highest BCUT2D eigenvalue weighted by Crippen LogP contribution is 2.13. The molecule has 0 heterocycles. The van der Waals surface area contributed by atoms with Crippen molar-refractivity contribution in [3.63, 3.8) is 0 Å². The number of nitrogens with one attached hydrogen (secondary N) is 3. The van der Waals surface area contributed by atoms with E-state index in [9.17, 15) is 37.5 Å². The number of halogens is 3. The molecule has 3 amide bonds. The molecule has 0 saturated carbocycles. The summed E-state index contributed by atoms with van der Waals surface area (Å²) in [5, 5.41) is 24.6. The van der Waals surface area contributed by atoms with Crippen LogP contribution < -0.4 is 16.0 Å². The summed E-state index contributed by atoms with van der Waals surface area (Å²) in [4.78, 5) is 59.1. The van der Waals surface area contributed by atoms with E-state index in [2.05, 4.69) is 16.0 Å². The number of carbonyl (C=O) groups excluding carboxylic acids is 3. The summed E-state index contributed by atoms with van der Waals surface area (Å²) in [6, 6.07) is 5.97. The number of carboxylic acids is 2. The van der Waals surface area contributed by atoms with Gasteiger partial charge < -0.3 is 30.9 Å². The fourth-order valence-electron chi connectivity index (χ4n) is 3.25. The first kappa shape index (κ1) is 38.5. The Morgan fingerprint density at radius 3 is 1.81 bits per heavy atom. The van der Waals surface area contributed by atoms with Gasteiger partial charge in [-0.1, -0.05) is 44.2 Å². The van der Waals surface area contributed by atoms with E-state index in [0.29, 0.717) is 18.6 Å². The number of benzene rings is 1. The van der Waals surface area contributed by atoms with E-state index in [1.165, 1.54) is 11.8 Å². The molecule has 0 aromatic heterocycles. The molecule has 11 nitrogen and oxygen atoms in total. The minimum absolute atomic E-state index is 0.0481. The van der Waals surface area contributed by atoms with Crippen LogP contribution in [0, 0.1) is 5.92 Å². The zero-order valence-corrected chi connectivity index (χ0v) is 25.2. The van der Waals surface area contributed by atoms with Crippen LogP contribution in [-0.2, 0) is 30.3 Å². The van der Waals surface area contributed by atoms with Crippen LogP contribution in [0.2, 0.25) is 0 Å². The van der Waals surface area contributed by atoms with Gasteiger partial charge in [-0.05, 0) is 57.1 Å². The monoisotopic (exact) mass is 623 g/mol. The third kappa shape index (κ3) is 17.4. The molecule has 0 saturated heterocycles. The summed E-state index contributed by atoms with van der Waals surface area (Å²) in [6.45, 7) is 8.97. The highest BCUT2D eigenvalue weighted by atomic mass is 32.2. The average Bonchev–Trinajstić information content (AvgIpc) is 2.84. The van der Waals surface area contributed by atoms with Gasteiger partial charge in [0.1, 0.15) is 23.7 Å². The van der Waals surface area contributed by atoms with Crippen molar-refractivity contribution in [3.05, 3.63) is 35.9 Å². The van der Waals surface area contributed by atoms with Crippen molar-refractivity contribution in [2.45, 2.75) is 83.8 Å². The zero-order valence-electron chi connectivity index (χ0n) is 24.4. The van der Waals surface area contributed by atoms with E-state index >= 15 is 0 Å². The maximum atomic E-state index is 13.1. The molecule has 238 valence electrons. The fourth-order valence-corrected chi connectivity index (χ4v) is 3.72. The van der Waals surface area contributed by atoms with Gasteiger partial charge in [0.25, 0.3) is 0 Å². The molecule has 0 radical (unpaired) electrons. The predicted octanol–water partition coefficient (Wildman–Crippen LogP) is 3.61. The number of hydrogen-bond donors (Lipinski definition) is 5. The fraction of sp³-hybridized carbons (Fsp3) is 0.593. The second-order valence-electron chi connectivity index (χ2n) is 10.6. The average molecular weight is 624 g/mol. The summed E-state index contributed by atoms with van der Waals surface area (Å²) < 4.78 is 37.0. The third-order valence-electron chi connectivity index (χ3n) is 5.10. The molecule has 5 N–H and O–H groups in total. The van der Waals surface area contributed by atoms with E-state index < -0.39 is 59.7 Å². The first-order chi connectivity index (χ1) is 19.3. The molecule has 3 atom stereocenters. The molecule has 1 aromatic carbocycles. The topological polar surface area (TPSA) is 171 Å². The predicted molar refractivity (Wildman–Crippen MR) is 151 cm³/mol. The van der Waals surface area contributed by atoms with Crippen LogP contribution in [0.3, 0.4) is 0 Å².